The fourth-order valence-electron chi connectivity index (χ4n) is 3.44. The van der Waals surface area contributed by atoms with Crippen LogP contribution in [0.2, 0.25) is 0 Å². The molecule has 27 heavy (non-hydrogen) atoms. The molecule has 5 heteroatoms. The number of fused-ring (bicyclic) bond motifs is 1. The topological polar surface area (TPSA) is 39.1 Å². The predicted molar refractivity (Wildman–Crippen MR) is 113 cm³/mol. The minimum absolute atomic E-state index is 0.580. The van der Waals surface area contributed by atoms with Gasteiger partial charge < -0.3 is 10.1 Å². The average molecular weight is 380 g/mol. The molecule has 0 fully saturated rings. The van der Waals surface area contributed by atoms with Crippen molar-refractivity contribution in [2.24, 2.45) is 0 Å². The summed E-state index contributed by atoms with van der Waals surface area (Å²) >= 11 is 1.83. The van der Waals surface area contributed by atoms with Gasteiger partial charge in [0, 0.05) is 17.9 Å². The van der Waals surface area contributed by atoms with Crippen LogP contribution in [0.25, 0.3) is 5.69 Å². The van der Waals surface area contributed by atoms with Crippen LogP contribution >= 0.6 is 11.8 Å². The molecule has 0 saturated carbocycles. The molecule has 4 rings (SSSR count). The zero-order valence-electron chi connectivity index (χ0n) is 15.6. The van der Waals surface area contributed by atoms with Crippen LogP contribution in [0.5, 0.6) is 5.75 Å². The largest absolute Gasteiger partial charge is 0.489 e. The first kappa shape index (κ1) is 18.0. The van der Waals surface area contributed by atoms with Gasteiger partial charge in [-0.3, -0.25) is 0 Å². The van der Waals surface area contributed by atoms with E-state index in [1.54, 1.807) is 0 Å². The van der Waals surface area contributed by atoms with E-state index in [-0.39, 0.29) is 0 Å². The van der Waals surface area contributed by atoms with Crippen LogP contribution in [0, 0.1) is 0 Å². The Morgan fingerprint density at radius 2 is 1.89 bits per heavy atom. The van der Waals surface area contributed by atoms with Gasteiger partial charge in [0.15, 0.2) is 0 Å². The molecule has 0 atom stereocenters. The maximum absolute atomic E-state index is 5.91. The second-order valence-electron chi connectivity index (χ2n) is 6.77. The van der Waals surface area contributed by atoms with E-state index in [0.29, 0.717) is 6.61 Å². The third-order valence-corrected chi connectivity index (χ3v) is 5.39. The Balaban J connectivity index is 1.55. The zero-order valence-corrected chi connectivity index (χ0v) is 16.5. The summed E-state index contributed by atoms with van der Waals surface area (Å²) in [4.78, 5) is 0. The lowest BCUT2D eigenvalue weighted by atomic mass is 10.1. The van der Waals surface area contributed by atoms with Gasteiger partial charge in [0.25, 0.3) is 0 Å². The van der Waals surface area contributed by atoms with E-state index in [9.17, 15) is 0 Å². The minimum Gasteiger partial charge on any atom is -0.489 e. The second kappa shape index (κ2) is 8.53. The molecule has 0 radical (unpaired) electrons. The molecule has 0 bridgehead atoms. The Kier molecular flexibility index (Phi) is 5.68. The highest BCUT2D eigenvalue weighted by atomic mass is 32.2. The first-order valence-electron chi connectivity index (χ1n) is 9.46. The molecule has 2 heterocycles. The van der Waals surface area contributed by atoms with Crippen molar-refractivity contribution in [2.75, 3.05) is 18.1 Å². The van der Waals surface area contributed by atoms with Crippen LogP contribution in [0.15, 0.2) is 54.6 Å². The Morgan fingerprint density at radius 3 is 2.67 bits per heavy atom. The van der Waals surface area contributed by atoms with Gasteiger partial charge in [-0.1, -0.05) is 30.3 Å². The Morgan fingerprint density at radius 1 is 1.07 bits per heavy atom. The number of nitrogens with zero attached hydrogens (tertiary/aromatic N) is 2. The number of ether oxygens (including phenoxy) is 1. The van der Waals surface area contributed by atoms with E-state index in [2.05, 4.69) is 40.5 Å². The first-order valence-corrected chi connectivity index (χ1v) is 10.9. The van der Waals surface area contributed by atoms with Crippen molar-refractivity contribution < 1.29 is 4.74 Å². The van der Waals surface area contributed by atoms with Crippen molar-refractivity contribution in [3.63, 3.8) is 0 Å². The molecule has 2 aromatic carbocycles. The van der Waals surface area contributed by atoms with Crippen molar-refractivity contribution in [3.05, 3.63) is 71.4 Å². The summed E-state index contributed by atoms with van der Waals surface area (Å²) in [7, 11) is 0. The number of rotatable bonds is 6. The van der Waals surface area contributed by atoms with Crippen molar-refractivity contribution in [2.45, 2.75) is 31.6 Å². The number of hydrogen-bond donors (Lipinski definition) is 1. The predicted octanol–water partition coefficient (Wildman–Crippen LogP) is 5.06. The molecule has 1 aromatic heterocycles. The van der Waals surface area contributed by atoms with Gasteiger partial charge in [-0.15, -0.1) is 0 Å². The standard InChI is InChI=1S/C22H25N3OS/c1-27-16-21-20-9-5-6-14-23-22(20)25(24-21)18-10-12-19(13-11-18)26-15-17-7-3-2-4-8-17/h2-4,7-8,10-13,23H,5-6,9,14-16H2,1H3. The second-order valence-corrected chi connectivity index (χ2v) is 7.64. The lowest BCUT2D eigenvalue weighted by Crippen LogP contribution is -2.07. The lowest BCUT2D eigenvalue weighted by Gasteiger charge is -2.11. The molecular formula is C22H25N3OS. The highest BCUT2D eigenvalue weighted by molar-refractivity contribution is 7.97. The molecule has 140 valence electrons. The van der Waals surface area contributed by atoms with Crippen LogP contribution in [0.3, 0.4) is 0 Å². The summed E-state index contributed by atoms with van der Waals surface area (Å²) < 4.78 is 7.97. The van der Waals surface area contributed by atoms with Gasteiger partial charge in [0.1, 0.15) is 18.2 Å². The Labute approximate surface area is 164 Å². The van der Waals surface area contributed by atoms with Crippen molar-refractivity contribution >= 4 is 17.6 Å². The third-order valence-electron chi connectivity index (χ3n) is 4.82. The van der Waals surface area contributed by atoms with Gasteiger partial charge in [0.2, 0.25) is 0 Å². The summed E-state index contributed by atoms with van der Waals surface area (Å²) in [6.45, 7) is 1.59. The van der Waals surface area contributed by atoms with E-state index in [4.69, 9.17) is 9.84 Å². The highest BCUT2D eigenvalue weighted by Gasteiger charge is 2.20. The van der Waals surface area contributed by atoms with E-state index in [0.717, 1.165) is 36.0 Å². The first-order chi connectivity index (χ1) is 13.3. The number of nitrogens with one attached hydrogen (secondary N) is 1. The fourth-order valence-corrected chi connectivity index (χ4v) is 3.94. The van der Waals surface area contributed by atoms with E-state index in [1.165, 1.54) is 29.7 Å². The molecule has 1 N–H and O–H groups in total. The Bertz CT molecular complexity index is 875. The van der Waals surface area contributed by atoms with Gasteiger partial charge >= 0.3 is 0 Å². The van der Waals surface area contributed by atoms with E-state index in [1.807, 2.05) is 42.1 Å². The van der Waals surface area contributed by atoms with Crippen LogP contribution < -0.4 is 10.1 Å². The van der Waals surface area contributed by atoms with Crippen LogP contribution in [-0.4, -0.2) is 22.6 Å². The summed E-state index contributed by atoms with van der Waals surface area (Å²) in [5, 5.41) is 8.50. The number of anilines is 1. The number of hydrogen-bond acceptors (Lipinski definition) is 4. The minimum atomic E-state index is 0.580. The molecule has 3 aromatic rings. The van der Waals surface area contributed by atoms with Gasteiger partial charge in [0.05, 0.1) is 11.4 Å². The molecule has 0 amide bonds. The SMILES string of the molecule is CSCc1nn(-c2ccc(OCc3ccccc3)cc2)c2c1CCCCN2. The molecular weight excluding hydrogens is 354 g/mol. The number of benzene rings is 2. The number of aromatic nitrogens is 2. The smallest absolute Gasteiger partial charge is 0.133 e. The summed E-state index contributed by atoms with van der Waals surface area (Å²) in [5.41, 5.74) is 4.83. The van der Waals surface area contributed by atoms with Gasteiger partial charge in [-0.05, 0) is 55.3 Å². The molecule has 4 nitrogen and oxygen atoms in total. The third kappa shape index (κ3) is 4.14. The van der Waals surface area contributed by atoms with Crippen LogP contribution in [0.1, 0.15) is 29.7 Å². The monoisotopic (exact) mass is 379 g/mol. The molecule has 0 unspecified atom stereocenters. The van der Waals surface area contributed by atoms with Gasteiger partial charge in [-0.25, -0.2) is 4.68 Å². The molecule has 0 spiro atoms. The fraction of sp³-hybridized carbons (Fsp3) is 0.318. The highest BCUT2D eigenvalue weighted by Crippen LogP contribution is 2.30. The average Bonchev–Trinajstić information content (AvgIpc) is 2.89. The lowest BCUT2D eigenvalue weighted by molar-refractivity contribution is 0.306. The molecule has 0 aliphatic carbocycles. The van der Waals surface area contributed by atoms with Crippen LogP contribution in [0.4, 0.5) is 5.82 Å². The van der Waals surface area contributed by atoms with Crippen molar-refractivity contribution in [1.82, 2.24) is 9.78 Å². The normalized spacial score (nSPS) is 13.5. The number of thioether (sulfide) groups is 1. The summed E-state index contributed by atoms with van der Waals surface area (Å²) in [6, 6.07) is 18.5. The molecule has 1 aliphatic heterocycles. The molecule has 0 saturated heterocycles. The van der Waals surface area contributed by atoms with Crippen molar-refractivity contribution in [3.8, 4) is 11.4 Å². The quantitative estimate of drug-likeness (QED) is 0.649. The summed E-state index contributed by atoms with van der Waals surface area (Å²) in [6.07, 6.45) is 5.67. The van der Waals surface area contributed by atoms with Crippen molar-refractivity contribution in [1.29, 1.82) is 0 Å². The van der Waals surface area contributed by atoms with E-state index < -0.39 is 0 Å². The van der Waals surface area contributed by atoms with Crippen LogP contribution in [-0.2, 0) is 18.8 Å². The summed E-state index contributed by atoms with van der Waals surface area (Å²) in [5.74, 6) is 2.99. The molecule has 1 aliphatic rings. The maximum atomic E-state index is 5.91. The maximum Gasteiger partial charge on any atom is 0.133 e. The van der Waals surface area contributed by atoms with E-state index >= 15 is 0 Å². The Hall–Kier alpha value is -2.40. The van der Waals surface area contributed by atoms with Gasteiger partial charge in [-0.2, -0.15) is 16.9 Å². The zero-order chi connectivity index (χ0) is 18.5.